The van der Waals surface area contributed by atoms with Crippen molar-refractivity contribution in [3.63, 3.8) is 0 Å². The molecule has 1 atom stereocenters. The van der Waals surface area contributed by atoms with Gasteiger partial charge < -0.3 is 14.4 Å². The number of nitrogens with zero attached hydrogens (tertiary/aromatic N) is 1. The number of hydrogen-bond acceptors (Lipinski definition) is 5. The van der Waals surface area contributed by atoms with Gasteiger partial charge in [0.25, 0.3) is 0 Å². The topological polar surface area (TPSA) is 72.9 Å². The maximum absolute atomic E-state index is 12.1. The van der Waals surface area contributed by atoms with Crippen LogP contribution < -0.4 is 14.4 Å². The Morgan fingerprint density at radius 3 is 2.81 bits per heavy atom. The first kappa shape index (κ1) is 14.5. The summed E-state index contributed by atoms with van der Waals surface area (Å²) in [5.74, 6) is 0.484. The average Bonchev–Trinajstić information content (AvgIpc) is 2.76. The van der Waals surface area contributed by atoms with Crippen molar-refractivity contribution in [2.45, 2.75) is 6.42 Å². The standard InChI is InChI=1S/C13H14ClNO5S/c14-21(17,18)8-9-6-12(16)15(7-9)10-2-1-3-11-13(10)20-5-4-19-11/h1-3,9H,4-8H2. The number of ether oxygens (including phenoxy) is 2. The first-order chi connectivity index (χ1) is 9.94. The maximum atomic E-state index is 12.1. The second-order valence-electron chi connectivity index (χ2n) is 5.08. The molecular weight excluding hydrogens is 318 g/mol. The number of carbonyl (C=O) groups is 1. The number of halogens is 1. The predicted octanol–water partition coefficient (Wildman–Crippen LogP) is 1.38. The van der Waals surface area contributed by atoms with Crippen LogP contribution in [0.25, 0.3) is 0 Å². The van der Waals surface area contributed by atoms with Crippen molar-refractivity contribution in [2.24, 2.45) is 5.92 Å². The van der Waals surface area contributed by atoms with Crippen molar-refractivity contribution in [3.05, 3.63) is 18.2 Å². The molecule has 2 aliphatic rings. The van der Waals surface area contributed by atoms with Crippen molar-refractivity contribution in [2.75, 3.05) is 30.4 Å². The second kappa shape index (κ2) is 5.38. The van der Waals surface area contributed by atoms with Crippen LogP contribution in [0.1, 0.15) is 6.42 Å². The van der Waals surface area contributed by atoms with E-state index in [1.54, 1.807) is 23.1 Å². The van der Waals surface area contributed by atoms with Crippen LogP contribution in [0.3, 0.4) is 0 Å². The van der Waals surface area contributed by atoms with Crippen LogP contribution in [0, 0.1) is 5.92 Å². The summed E-state index contributed by atoms with van der Waals surface area (Å²) in [4.78, 5) is 13.7. The monoisotopic (exact) mass is 331 g/mol. The number of amides is 1. The molecule has 0 spiro atoms. The Morgan fingerprint density at radius 2 is 2.05 bits per heavy atom. The SMILES string of the molecule is O=C1CC(CS(=O)(=O)Cl)CN1c1cccc2c1OCCO2. The van der Waals surface area contributed by atoms with Gasteiger partial charge in [-0.2, -0.15) is 0 Å². The number of hydrogen-bond donors (Lipinski definition) is 0. The van der Waals surface area contributed by atoms with Gasteiger partial charge in [-0.25, -0.2) is 8.42 Å². The number of fused-ring (bicyclic) bond motifs is 1. The molecule has 1 fully saturated rings. The fraction of sp³-hybridized carbons (Fsp3) is 0.462. The van der Waals surface area contributed by atoms with Crippen LogP contribution in [0.15, 0.2) is 18.2 Å². The first-order valence-electron chi connectivity index (χ1n) is 6.55. The molecule has 6 nitrogen and oxygen atoms in total. The van der Waals surface area contributed by atoms with E-state index in [4.69, 9.17) is 20.2 Å². The predicted molar refractivity (Wildman–Crippen MR) is 77.5 cm³/mol. The minimum atomic E-state index is -3.62. The molecule has 8 heteroatoms. The number of para-hydroxylation sites is 1. The molecule has 2 heterocycles. The highest BCUT2D eigenvalue weighted by molar-refractivity contribution is 8.13. The molecule has 1 aromatic rings. The maximum Gasteiger partial charge on any atom is 0.232 e. The molecule has 1 unspecified atom stereocenters. The van der Waals surface area contributed by atoms with Gasteiger partial charge in [-0.3, -0.25) is 4.79 Å². The summed E-state index contributed by atoms with van der Waals surface area (Å²) in [6.07, 6.45) is 0.163. The lowest BCUT2D eigenvalue weighted by Crippen LogP contribution is -2.27. The summed E-state index contributed by atoms with van der Waals surface area (Å²) in [6, 6.07) is 5.32. The quantitative estimate of drug-likeness (QED) is 0.782. The highest BCUT2D eigenvalue weighted by atomic mass is 35.7. The fourth-order valence-corrected chi connectivity index (χ4v) is 4.00. The summed E-state index contributed by atoms with van der Waals surface area (Å²) in [6.45, 7) is 1.20. The van der Waals surface area contributed by atoms with E-state index in [-0.39, 0.29) is 24.0 Å². The Kier molecular flexibility index (Phi) is 3.71. The van der Waals surface area contributed by atoms with E-state index in [0.29, 0.717) is 36.9 Å². The molecule has 0 saturated carbocycles. The van der Waals surface area contributed by atoms with Crippen molar-refractivity contribution in [3.8, 4) is 11.5 Å². The lowest BCUT2D eigenvalue weighted by Gasteiger charge is -2.25. The van der Waals surface area contributed by atoms with Crippen LogP contribution in [0.5, 0.6) is 11.5 Å². The zero-order valence-electron chi connectivity index (χ0n) is 11.1. The Morgan fingerprint density at radius 1 is 1.29 bits per heavy atom. The molecule has 0 aromatic heterocycles. The number of carbonyl (C=O) groups excluding carboxylic acids is 1. The van der Waals surface area contributed by atoms with Gasteiger partial charge >= 0.3 is 0 Å². The Labute approximate surface area is 127 Å². The summed E-state index contributed by atoms with van der Waals surface area (Å²) >= 11 is 0. The fourth-order valence-electron chi connectivity index (χ4n) is 2.68. The Hall–Kier alpha value is -1.47. The van der Waals surface area contributed by atoms with Crippen LogP contribution in [0.2, 0.25) is 0 Å². The van der Waals surface area contributed by atoms with E-state index in [9.17, 15) is 13.2 Å². The molecule has 0 N–H and O–H groups in total. The van der Waals surface area contributed by atoms with Crippen molar-refractivity contribution < 1.29 is 22.7 Å². The van der Waals surface area contributed by atoms with Crippen LogP contribution in [-0.2, 0) is 13.8 Å². The van der Waals surface area contributed by atoms with Gasteiger partial charge in [0.2, 0.25) is 15.0 Å². The molecule has 3 rings (SSSR count). The summed E-state index contributed by atoms with van der Waals surface area (Å²) in [5, 5.41) is 0. The summed E-state index contributed by atoms with van der Waals surface area (Å²) in [5.41, 5.74) is 0.617. The van der Waals surface area contributed by atoms with Gasteiger partial charge in [-0.05, 0) is 12.1 Å². The molecule has 1 saturated heterocycles. The van der Waals surface area contributed by atoms with E-state index in [1.807, 2.05) is 0 Å². The van der Waals surface area contributed by atoms with Crippen LogP contribution in [-0.4, -0.2) is 39.8 Å². The van der Waals surface area contributed by atoms with Gasteiger partial charge in [0.15, 0.2) is 11.5 Å². The minimum absolute atomic E-state index is 0.136. The third-order valence-corrected chi connectivity index (χ3v) is 4.72. The molecular formula is C13H14ClNO5S. The lowest BCUT2D eigenvalue weighted by atomic mass is 10.1. The zero-order chi connectivity index (χ0) is 15.0. The third kappa shape index (κ3) is 3.08. The molecule has 1 aromatic carbocycles. The molecule has 0 aliphatic carbocycles. The molecule has 1 amide bonds. The smallest absolute Gasteiger partial charge is 0.232 e. The third-order valence-electron chi connectivity index (χ3n) is 3.48. The molecule has 2 aliphatic heterocycles. The largest absolute Gasteiger partial charge is 0.486 e. The van der Waals surface area contributed by atoms with Gasteiger partial charge in [0.05, 0.1) is 11.4 Å². The van der Waals surface area contributed by atoms with Gasteiger partial charge in [-0.1, -0.05) is 6.07 Å². The number of rotatable bonds is 3. The summed E-state index contributed by atoms with van der Waals surface area (Å²) < 4.78 is 33.4. The van der Waals surface area contributed by atoms with Gasteiger partial charge in [0, 0.05) is 29.6 Å². The lowest BCUT2D eigenvalue weighted by molar-refractivity contribution is -0.117. The van der Waals surface area contributed by atoms with Crippen LogP contribution in [0.4, 0.5) is 5.69 Å². The Bertz CT molecular complexity index is 675. The minimum Gasteiger partial charge on any atom is -0.486 e. The first-order valence-corrected chi connectivity index (χ1v) is 9.03. The number of benzene rings is 1. The zero-order valence-corrected chi connectivity index (χ0v) is 12.7. The highest BCUT2D eigenvalue weighted by Gasteiger charge is 2.35. The van der Waals surface area contributed by atoms with E-state index < -0.39 is 9.05 Å². The molecule has 0 radical (unpaired) electrons. The van der Waals surface area contributed by atoms with Crippen molar-refractivity contribution >= 4 is 31.3 Å². The van der Waals surface area contributed by atoms with Crippen molar-refractivity contribution in [1.29, 1.82) is 0 Å². The normalized spacial score (nSPS) is 21.7. The van der Waals surface area contributed by atoms with Crippen LogP contribution >= 0.6 is 10.7 Å². The van der Waals surface area contributed by atoms with Gasteiger partial charge in [0.1, 0.15) is 13.2 Å². The van der Waals surface area contributed by atoms with Crippen molar-refractivity contribution in [1.82, 2.24) is 0 Å². The highest BCUT2D eigenvalue weighted by Crippen LogP contribution is 2.41. The number of anilines is 1. The molecule has 21 heavy (non-hydrogen) atoms. The molecule has 0 bridgehead atoms. The van der Waals surface area contributed by atoms with E-state index in [2.05, 4.69) is 0 Å². The van der Waals surface area contributed by atoms with E-state index in [0.717, 1.165) is 0 Å². The van der Waals surface area contributed by atoms with E-state index in [1.165, 1.54) is 0 Å². The molecule has 114 valence electrons. The average molecular weight is 332 g/mol. The van der Waals surface area contributed by atoms with Gasteiger partial charge in [-0.15, -0.1) is 0 Å². The van der Waals surface area contributed by atoms with E-state index >= 15 is 0 Å². The summed E-state index contributed by atoms with van der Waals surface area (Å²) in [7, 11) is 1.65. The second-order valence-corrected chi connectivity index (χ2v) is 7.90. The Balaban J connectivity index is 1.86.